The molecule has 2 atom stereocenters. The van der Waals surface area contributed by atoms with Crippen LogP contribution in [-0.4, -0.2) is 53.4 Å². The van der Waals surface area contributed by atoms with E-state index in [9.17, 15) is 18.3 Å². The SMILES string of the molecule is CC(C)[C@H](CO)NC(=O)c1cc(-c2ccc(Cl)cc2)n([C@H]2CCS(=O)(=O)C2)n1. The molecule has 9 heteroatoms. The minimum absolute atomic E-state index is 0.00158. The van der Waals surface area contributed by atoms with Crippen LogP contribution in [0.5, 0.6) is 0 Å². The average Bonchev–Trinajstić information content (AvgIpc) is 3.23. The van der Waals surface area contributed by atoms with Gasteiger partial charge in [-0.3, -0.25) is 9.48 Å². The molecule has 1 aliphatic rings. The van der Waals surface area contributed by atoms with Crippen LogP contribution in [0.15, 0.2) is 30.3 Å². The van der Waals surface area contributed by atoms with E-state index in [4.69, 9.17) is 11.6 Å². The summed E-state index contributed by atoms with van der Waals surface area (Å²) in [5, 5.41) is 17.3. The lowest BCUT2D eigenvalue weighted by Gasteiger charge is -2.19. The minimum Gasteiger partial charge on any atom is -0.394 e. The number of amides is 1. The number of hydrogen-bond acceptors (Lipinski definition) is 5. The molecule has 1 aliphatic heterocycles. The second-order valence-corrected chi connectivity index (χ2v) is 10.1. The highest BCUT2D eigenvalue weighted by Gasteiger charge is 2.32. The van der Waals surface area contributed by atoms with Crippen LogP contribution in [0.3, 0.4) is 0 Å². The Bertz CT molecular complexity index is 954. The van der Waals surface area contributed by atoms with Gasteiger partial charge in [-0.2, -0.15) is 5.10 Å². The zero-order chi connectivity index (χ0) is 20.5. The first-order valence-corrected chi connectivity index (χ1v) is 11.4. The Morgan fingerprint density at radius 3 is 2.57 bits per heavy atom. The van der Waals surface area contributed by atoms with Gasteiger partial charge in [-0.25, -0.2) is 8.42 Å². The number of rotatable bonds is 6. The van der Waals surface area contributed by atoms with Crippen LogP contribution in [-0.2, 0) is 9.84 Å². The van der Waals surface area contributed by atoms with Crippen LogP contribution in [0.4, 0.5) is 0 Å². The van der Waals surface area contributed by atoms with E-state index in [0.717, 1.165) is 5.56 Å². The molecule has 1 amide bonds. The maximum atomic E-state index is 12.7. The quantitative estimate of drug-likeness (QED) is 0.739. The van der Waals surface area contributed by atoms with E-state index in [2.05, 4.69) is 10.4 Å². The van der Waals surface area contributed by atoms with Gasteiger partial charge in [0.15, 0.2) is 15.5 Å². The van der Waals surface area contributed by atoms with Crippen LogP contribution < -0.4 is 5.32 Å². The van der Waals surface area contributed by atoms with Crippen molar-refractivity contribution in [3.63, 3.8) is 0 Å². The predicted molar refractivity (Wildman–Crippen MR) is 108 cm³/mol. The molecule has 2 N–H and O–H groups in total. The minimum atomic E-state index is -3.11. The maximum Gasteiger partial charge on any atom is 0.272 e. The van der Waals surface area contributed by atoms with Crippen molar-refractivity contribution < 1.29 is 18.3 Å². The van der Waals surface area contributed by atoms with Crippen LogP contribution in [0.25, 0.3) is 11.3 Å². The molecule has 0 radical (unpaired) electrons. The van der Waals surface area contributed by atoms with Crippen molar-refractivity contribution in [2.45, 2.75) is 32.4 Å². The Morgan fingerprint density at radius 2 is 2.04 bits per heavy atom. The number of aromatic nitrogens is 2. The zero-order valence-electron chi connectivity index (χ0n) is 15.8. The molecule has 1 aromatic carbocycles. The van der Waals surface area contributed by atoms with E-state index in [1.807, 2.05) is 26.0 Å². The Morgan fingerprint density at radius 1 is 1.36 bits per heavy atom. The van der Waals surface area contributed by atoms with Gasteiger partial charge in [0.25, 0.3) is 5.91 Å². The standard InChI is InChI=1S/C19H24ClN3O4S/c1-12(2)17(10-24)21-19(25)16-9-18(13-3-5-14(20)6-4-13)23(22-16)15-7-8-28(26,27)11-15/h3-6,9,12,15,17,24H,7-8,10-11H2,1-2H3,(H,21,25)/t15-,17-/m0/s1. The molecule has 2 aromatic rings. The van der Waals surface area contributed by atoms with Gasteiger partial charge in [-0.1, -0.05) is 37.6 Å². The topological polar surface area (TPSA) is 101 Å². The van der Waals surface area contributed by atoms with Crippen molar-refractivity contribution >= 4 is 27.3 Å². The summed E-state index contributed by atoms with van der Waals surface area (Å²) in [5.41, 5.74) is 1.64. The van der Waals surface area contributed by atoms with Gasteiger partial charge < -0.3 is 10.4 Å². The molecule has 2 heterocycles. The largest absolute Gasteiger partial charge is 0.394 e. The van der Waals surface area contributed by atoms with E-state index in [1.54, 1.807) is 22.9 Å². The van der Waals surface area contributed by atoms with Crippen molar-refractivity contribution in [3.8, 4) is 11.3 Å². The summed E-state index contributed by atoms with van der Waals surface area (Å²) < 4.78 is 25.5. The number of halogens is 1. The Hall–Kier alpha value is -1.90. The van der Waals surface area contributed by atoms with Crippen molar-refractivity contribution in [2.24, 2.45) is 5.92 Å². The third-order valence-corrected chi connectivity index (χ3v) is 6.98. The summed E-state index contributed by atoms with van der Waals surface area (Å²) in [6.07, 6.45) is 0.455. The fraction of sp³-hybridized carbons (Fsp3) is 0.474. The normalized spacial score (nSPS) is 19.7. The summed E-state index contributed by atoms with van der Waals surface area (Å²) in [5.74, 6) is -0.227. The van der Waals surface area contributed by atoms with Crippen molar-refractivity contribution in [3.05, 3.63) is 41.0 Å². The smallest absolute Gasteiger partial charge is 0.272 e. The van der Waals surface area contributed by atoms with E-state index >= 15 is 0 Å². The first-order chi connectivity index (χ1) is 13.2. The van der Waals surface area contributed by atoms with Crippen LogP contribution >= 0.6 is 11.6 Å². The summed E-state index contributed by atoms with van der Waals surface area (Å²) in [7, 11) is -3.11. The number of nitrogens with one attached hydrogen (secondary N) is 1. The molecular formula is C19H24ClN3O4S. The Labute approximate surface area is 169 Å². The van der Waals surface area contributed by atoms with Gasteiger partial charge in [0.1, 0.15) is 0 Å². The van der Waals surface area contributed by atoms with Crippen molar-refractivity contribution in [2.75, 3.05) is 18.1 Å². The predicted octanol–water partition coefficient (Wildman–Crippen LogP) is 2.31. The van der Waals surface area contributed by atoms with E-state index in [-0.39, 0.29) is 41.8 Å². The number of benzene rings is 1. The van der Waals surface area contributed by atoms with Crippen molar-refractivity contribution in [1.29, 1.82) is 0 Å². The van der Waals surface area contributed by atoms with Gasteiger partial charge in [0, 0.05) is 5.02 Å². The number of aliphatic hydroxyl groups excluding tert-OH is 1. The molecule has 3 rings (SSSR count). The molecule has 7 nitrogen and oxygen atoms in total. The number of nitrogens with zero attached hydrogens (tertiary/aromatic N) is 2. The molecule has 0 saturated carbocycles. The highest BCUT2D eigenvalue weighted by atomic mass is 35.5. The molecule has 0 spiro atoms. The molecule has 0 aliphatic carbocycles. The molecule has 1 aromatic heterocycles. The second kappa shape index (κ2) is 8.23. The van der Waals surface area contributed by atoms with Gasteiger partial charge >= 0.3 is 0 Å². The first kappa shape index (κ1) is 20.8. The molecular weight excluding hydrogens is 402 g/mol. The fourth-order valence-corrected chi connectivity index (χ4v) is 5.07. The van der Waals surface area contributed by atoms with Crippen LogP contribution in [0, 0.1) is 5.92 Å². The summed E-state index contributed by atoms with van der Waals surface area (Å²) in [6, 6.07) is 8.04. The number of aliphatic hydroxyl groups is 1. The van der Waals surface area contributed by atoms with Crippen LogP contribution in [0.1, 0.15) is 36.8 Å². The van der Waals surface area contributed by atoms with Gasteiger partial charge in [-0.05, 0) is 36.1 Å². The Balaban J connectivity index is 1.98. The van der Waals surface area contributed by atoms with Gasteiger partial charge in [-0.15, -0.1) is 0 Å². The average molecular weight is 426 g/mol. The fourth-order valence-electron chi connectivity index (χ4n) is 3.25. The number of carbonyl (C=O) groups is 1. The highest BCUT2D eigenvalue weighted by Crippen LogP contribution is 2.30. The van der Waals surface area contributed by atoms with Crippen molar-refractivity contribution in [1.82, 2.24) is 15.1 Å². The third kappa shape index (κ3) is 4.56. The number of sulfone groups is 1. The highest BCUT2D eigenvalue weighted by molar-refractivity contribution is 7.91. The van der Waals surface area contributed by atoms with Gasteiger partial charge in [0.2, 0.25) is 0 Å². The zero-order valence-corrected chi connectivity index (χ0v) is 17.4. The Kier molecular flexibility index (Phi) is 6.12. The lowest BCUT2D eigenvalue weighted by Crippen LogP contribution is -2.41. The molecule has 0 unspecified atom stereocenters. The summed E-state index contributed by atoms with van der Waals surface area (Å²) in [4.78, 5) is 12.7. The molecule has 152 valence electrons. The monoisotopic (exact) mass is 425 g/mol. The van der Waals surface area contributed by atoms with E-state index in [0.29, 0.717) is 17.1 Å². The van der Waals surface area contributed by atoms with E-state index in [1.165, 1.54) is 0 Å². The summed E-state index contributed by atoms with van der Waals surface area (Å²) >= 11 is 5.97. The molecule has 1 fully saturated rings. The second-order valence-electron chi connectivity index (χ2n) is 7.43. The lowest BCUT2D eigenvalue weighted by molar-refractivity contribution is 0.0890. The first-order valence-electron chi connectivity index (χ1n) is 9.18. The molecule has 28 heavy (non-hydrogen) atoms. The van der Waals surface area contributed by atoms with Gasteiger partial charge in [0.05, 0.1) is 35.9 Å². The number of hydrogen-bond donors (Lipinski definition) is 2. The molecule has 1 saturated heterocycles. The lowest BCUT2D eigenvalue weighted by atomic mass is 10.1. The number of carbonyl (C=O) groups excluding carboxylic acids is 1. The summed E-state index contributed by atoms with van der Waals surface area (Å²) in [6.45, 7) is 3.64. The van der Waals surface area contributed by atoms with Crippen LogP contribution in [0.2, 0.25) is 5.02 Å². The third-order valence-electron chi connectivity index (χ3n) is 4.98. The molecule has 0 bridgehead atoms. The maximum absolute atomic E-state index is 12.7. The van der Waals surface area contributed by atoms with E-state index < -0.39 is 15.7 Å².